The predicted molar refractivity (Wildman–Crippen MR) is 110 cm³/mol. The number of hydrogen-bond donors (Lipinski definition) is 0. The van der Waals surface area contributed by atoms with E-state index in [0.29, 0.717) is 0 Å². The van der Waals surface area contributed by atoms with Gasteiger partial charge >= 0.3 is 0 Å². The maximum atomic E-state index is 3.85. The maximum absolute atomic E-state index is 3.85. The van der Waals surface area contributed by atoms with Crippen LogP contribution in [0.2, 0.25) is 0 Å². The molecule has 0 saturated carbocycles. The Balaban J connectivity index is -0.000000463. The summed E-state index contributed by atoms with van der Waals surface area (Å²) in [6.45, 7) is 17.9. The summed E-state index contributed by atoms with van der Waals surface area (Å²) >= 11 is 0. The molecule has 2 aromatic carbocycles. The Morgan fingerprint density at radius 1 is 0.773 bits per heavy atom. The van der Waals surface area contributed by atoms with Crippen LogP contribution in [0.1, 0.15) is 67.0 Å². The fourth-order valence-electron chi connectivity index (χ4n) is 1.78. The molecule has 2 aromatic rings. The Bertz CT molecular complexity index is 519. The monoisotopic (exact) mass is 300 g/mol. The third-order valence-electron chi connectivity index (χ3n) is 2.52. The van der Waals surface area contributed by atoms with E-state index >= 15 is 0 Å². The average Bonchev–Trinajstić information content (AvgIpc) is 2.60. The average molecular weight is 301 g/mol. The molecule has 0 unspecified atom stereocenters. The molecule has 0 aromatic heterocycles. The van der Waals surface area contributed by atoms with E-state index in [4.69, 9.17) is 0 Å². The lowest BCUT2D eigenvalue weighted by atomic mass is 10.0. The highest BCUT2D eigenvalue weighted by molar-refractivity contribution is 5.88. The molecule has 0 spiro atoms. The molecule has 0 radical (unpaired) electrons. The van der Waals surface area contributed by atoms with Gasteiger partial charge in [0.25, 0.3) is 0 Å². The highest BCUT2D eigenvalue weighted by atomic mass is 14.0. The minimum absolute atomic E-state index is 0. The Morgan fingerprint density at radius 2 is 1.18 bits per heavy atom. The fourth-order valence-corrected chi connectivity index (χ4v) is 1.78. The second-order valence-corrected chi connectivity index (χ2v) is 3.53. The number of benzene rings is 2. The van der Waals surface area contributed by atoms with Crippen molar-refractivity contribution in [3.63, 3.8) is 0 Å². The zero-order valence-electron chi connectivity index (χ0n) is 14.9. The molecule has 0 amide bonds. The Kier molecular flexibility index (Phi) is 19.7. The minimum Gasteiger partial charge on any atom is -0.0984 e. The summed E-state index contributed by atoms with van der Waals surface area (Å²) in [6, 6.07) is 12.8. The molecular formula is C22H36. The van der Waals surface area contributed by atoms with Crippen LogP contribution in [-0.4, -0.2) is 0 Å². The standard InChI is InChI=1S/C15H14.3C2H6.CH4/c1-3-7-13-11-15-9-6-5-8-14(15)10-12(13)4-2;3*1-2;/h3-11H,2H2,1H3;3*1-2H3;1H4/b7-3-;;;;. The third kappa shape index (κ3) is 7.83. The van der Waals surface area contributed by atoms with Crippen LogP contribution in [0, 0.1) is 0 Å². The van der Waals surface area contributed by atoms with E-state index < -0.39 is 0 Å². The highest BCUT2D eigenvalue weighted by Crippen LogP contribution is 2.21. The van der Waals surface area contributed by atoms with E-state index in [2.05, 4.69) is 55.1 Å². The van der Waals surface area contributed by atoms with E-state index in [-0.39, 0.29) is 7.43 Å². The molecular weight excluding hydrogens is 264 g/mol. The number of hydrogen-bond acceptors (Lipinski definition) is 0. The van der Waals surface area contributed by atoms with Crippen LogP contribution in [0.4, 0.5) is 0 Å². The maximum Gasteiger partial charge on any atom is -0.0178 e. The first-order chi connectivity index (χ1) is 10.3. The van der Waals surface area contributed by atoms with Crippen LogP contribution in [0.15, 0.2) is 49.1 Å². The topological polar surface area (TPSA) is 0 Å². The fraction of sp³-hybridized carbons (Fsp3) is 0.364. The predicted octanol–water partition coefficient (Wildman–Crippen LogP) is 8.23. The van der Waals surface area contributed by atoms with E-state index in [1.807, 2.05) is 54.5 Å². The molecule has 0 aliphatic rings. The quantitative estimate of drug-likeness (QED) is 0.524. The van der Waals surface area contributed by atoms with Crippen LogP contribution in [0.3, 0.4) is 0 Å². The van der Waals surface area contributed by atoms with Crippen molar-refractivity contribution in [3.8, 4) is 0 Å². The Morgan fingerprint density at radius 3 is 1.55 bits per heavy atom. The van der Waals surface area contributed by atoms with E-state index in [9.17, 15) is 0 Å². The van der Waals surface area contributed by atoms with Gasteiger partial charge in [-0.15, -0.1) is 0 Å². The van der Waals surface area contributed by atoms with Crippen molar-refractivity contribution in [3.05, 3.63) is 60.2 Å². The van der Waals surface area contributed by atoms with Gasteiger partial charge in [0.2, 0.25) is 0 Å². The molecule has 0 bridgehead atoms. The van der Waals surface area contributed by atoms with Gasteiger partial charge in [-0.1, -0.05) is 98.0 Å². The molecule has 0 aliphatic heterocycles. The Labute approximate surface area is 139 Å². The van der Waals surface area contributed by atoms with E-state index in [1.54, 1.807) is 0 Å². The minimum atomic E-state index is 0. The van der Waals surface area contributed by atoms with Crippen molar-refractivity contribution < 1.29 is 0 Å². The summed E-state index contributed by atoms with van der Waals surface area (Å²) in [5, 5.41) is 2.54. The normalized spacial score (nSPS) is 8.32. The van der Waals surface area contributed by atoms with Gasteiger partial charge in [0.05, 0.1) is 0 Å². The molecule has 0 fully saturated rings. The van der Waals surface area contributed by atoms with Crippen molar-refractivity contribution in [2.75, 3.05) is 0 Å². The third-order valence-corrected chi connectivity index (χ3v) is 2.52. The van der Waals surface area contributed by atoms with Gasteiger partial charge in [-0.2, -0.15) is 0 Å². The summed E-state index contributed by atoms with van der Waals surface area (Å²) in [6.07, 6.45) is 6.07. The second-order valence-electron chi connectivity index (χ2n) is 3.53. The van der Waals surface area contributed by atoms with Gasteiger partial charge in [-0.3, -0.25) is 0 Å². The summed E-state index contributed by atoms with van der Waals surface area (Å²) in [5.41, 5.74) is 2.41. The van der Waals surface area contributed by atoms with Gasteiger partial charge in [-0.25, -0.2) is 0 Å². The van der Waals surface area contributed by atoms with Crippen molar-refractivity contribution in [2.24, 2.45) is 0 Å². The van der Waals surface area contributed by atoms with Crippen LogP contribution in [0.25, 0.3) is 22.9 Å². The van der Waals surface area contributed by atoms with Crippen molar-refractivity contribution >= 4 is 22.9 Å². The lowest BCUT2D eigenvalue weighted by Crippen LogP contribution is -1.82. The van der Waals surface area contributed by atoms with Gasteiger partial charge in [0, 0.05) is 0 Å². The smallest absolute Gasteiger partial charge is 0.0178 e. The molecule has 0 aliphatic carbocycles. The zero-order valence-corrected chi connectivity index (χ0v) is 14.9. The summed E-state index contributed by atoms with van der Waals surface area (Å²) < 4.78 is 0. The summed E-state index contributed by atoms with van der Waals surface area (Å²) in [7, 11) is 0. The van der Waals surface area contributed by atoms with Crippen molar-refractivity contribution in [1.29, 1.82) is 0 Å². The molecule has 0 heteroatoms. The summed E-state index contributed by atoms with van der Waals surface area (Å²) in [4.78, 5) is 0. The van der Waals surface area contributed by atoms with Crippen molar-refractivity contribution in [1.82, 2.24) is 0 Å². The largest absolute Gasteiger partial charge is 0.0984 e. The number of allylic oxidation sites excluding steroid dienone is 1. The van der Waals surface area contributed by atoms with Crippen molar-refractivity contribution in [2.45, 2.75) is 55.9 Å². The Hall–Kier alpha value is -1.82. The molecule has 0 N–H and O–H groups in total. The first-order valence-electron chi connectivity index (χ1n) is 8.13. The zero-order chi connectivity index (χ0) is 16.7. The highest BCUT2D eigenvalue weighted by Gasteiger charge is 1.98. The van der Waals surface area contributed by atoms with Crippen LogP contribution < -0.4 is 0 Å². The number of fused-ring (bicyclic) bond motifs is 1. The summed E-state index contributed by atoms with van der Waals surface area (Å²) in [5.74, 6) is 0. The van der Waals surface area contributed by atoms with Crippen LogP contribution >= 0.6 is 0 Å². The second kappa shape index (κ2) is 17.2. The van der Waals surface area contributed by atoms with Gasteiger partial charge < -0.3 is 0 Å². The van der Waals surface area contributed by atoms with Crippen LogP contribution in [0.5, 0.6) is 0 Å². The molecule has 124 valence electrons. The molecule has 2 rings (SSSR count). The molecule has 0 saturated heterocycles. The first kappa shape index (κ1) is 25.2. The lowest BCUT2D eigenvalue weighted by molar-refractivity contribution is 1.50. The molecule has 22 heavy (non-hydrogen) atoms. The van der Waals surface area contributed by atoms with Gasteiger partial charge in [0.1, 0.15) is 0 Å². The molecule has 0 heterocycles. The van der Waals surface area contributed by atoms with E-state index in [1.165, 1.54) is 21.9 Å². The van der Waals surface area contributed by atoms with Gasteiger partial charge in [-0.05, 0) is 41.0 Å². The SMILES string of the molecule is C.C=Cc1cc2ccccc2cc1/C=C\C.CC.CC.CC. The first-order valence-corrected chi connectivity index (χ1v) is 8.13. The molecule has 0 atom stereocenters. The van der Waals surface area contributed by atoms with Gasteiger partial charge in [0.15, 0.2) is 0 Å². The molecule has 0 nitrogen and oxygen atoms in total. The number of rotatable bonds is 2. The van der Waals surface area contributed by atoms with Crippen LogP contribution in [-0.2, 0) is 0 Å². The lowest BCUT2D eigenvalue weighted by Gasteiger charge is -2.04. The van der Waals surface area contributed by atoms with E-state index in [0.717, 1.165) is 0 Å².